The van der Waals surface area contributed by atoms with Crippen LogP contribution in [-0.2, 0) is 14.3 Å². The lowest BCUT2D eigenvalue weighted by molar-refractivity contribution is -0.143. The Hall–Kier alpha value is -3.39. The van der Waals surface area contributed by atoms with E-state index in [1.54, 1.807) is 0 Å². The monoisotopic (exact) mass is 452 g/mol. The van der Waals surface area contributed by atoms with E-state index >= 15 is 0 Å². The molecule has 0 heterocycles. The van der Waals surface area contributed by atoms with Gasteiger partial charge in [0.25, 0.3) is 0 Å². The molecule has 174 valence electrons. The highest BCUT2D eigenvalue weighted by molar-refractivity contribution is 5.84. The Kier molecular flexibility index (Phi) is 6.65. The van der Waals surface area contributed by atoms with Crippen LogP contribution in [0.1, 0.15) is 42.7 Å². The number of hydrogen-bond acceptors (Lipinski definition) is 5. The molecule has 8 nitrogen and oxygen atoms in total. The quantitative estimate of drug-likeness (QED) is 0.464. The van der Waals surface area contributed by atoms with E-state index in [-0.39, 0.29) is 25.5 Å². The third-order valence-electron chi connectivity index (χ3n) is 6.72. The highest BCUT2D eigenvalue weighted by Gasteiger charge is 2.40. The number of carbonyl (C=O) groups excluding carboxylic acids is 2. The van der Waals surface area contributed by atoms with Crippen LogP contribution in [0.15, 0.2) is 48.5 Å². The van der Waals surface area contributed by atoms with Gasteiger partial charge in [0, 0.05) is 18.9 Å². The van der Waals surface area contributed by atoms with Gasteiger partial charge in [-0.15, -0.1) is 0 Å². The molecular weight excluding hydrogens is 424 g/mol. The van der Waals surface area contributed by atoms with Crippen molar-refractivity contribution in [3.05, 3.63) is 59.7 Å². The second-order valence-electron chi connectivity index (χ2n) is 8.85. The van der Waals surface area contributed by atoms with Crippen molar-refractivity contribution < 1.29 is 29.3 Å². The molecule has 2 aromatic carbocycles. The molecule has 4 rings (SSSR count). The number of carboxylic acids is 1. The Morgan fingerprint density at radius 1 is 1.03 bits per heavy atom. The van der Waals surface area contributed by atoms with Crippen LogP contribution in [0.2, 0.25) is 0 Å². The van der Waals surface area contributed by atoms with Gasteiger partial charge in [-0.25, -0.2) is 9.59 Å². The van der Waals surface area contributed by atoms with E-state index in [0.29, 0.717) is 0 Å². The number of aliphatic hydroxyl groups is 1. The highest BCUT2D eigenvalue weighted by Crippen LogP contribution is 2.45. The Bertz CT molecular complexity index is 1000. The largest absolute Gasteiger partial charge is 0.480 e. The van der Waals surface area contributed by atoms with Crippen LogP contribution < -0.4 is 10.6 Å². The first-order valence-corrected chi connectivity index (χ1v) is 11.1. The Morgan fingerprint density at radius 2 is 1.64 bits per heavy atom. The van der Waals surface area contributed by atoms with E-state index < -0.39 is 36.0 Å². The fourth-order valence-electron chi connectivity index (χ4n) is 4.77. The number of aliphatic carboxylic acids is 1. The van der Waals surface area contributed by atoms with Crippen molar-refractivity contribution in [2.45, 2.75) is 37.6 Å². The first-order valence-electron chi connectivity index (χ1n) is 11.1. The zero-order valence-corrected chi connectivity index (χ0v) is 18.3. The zero-order valence-electron chi connectivity index (χ0n) is 18.3. The molecular formula is C25H28N2O6. The fraction of sp³-hybridized carbons (Fsp3) is 0.400. The number of ether oxygens (including phenoxy) is 1. The summed E-state index contributed by atoms with van der Waals surface area (Å²) in [4.78, 5) is 35.8. The van der Waals surface area contributed by atoms with Crippen LogP contribution in [0.25, 0.3) is 11.1 Å². The van der Waals surface area contributed by atoms with Crippen molar-refractivity contribution >= 4 is 18.0 Å². The van der Waals surface area contributed by atoms with Gasteiger partial charge in [0.05, 0.1) is 6.61 Å². The van der Waals surface area contributed by atoms with Crippen molar-refractivity contribution in [3.8, 4) is 11.1 Å². The predicted molar refractivity (Wildman–Crippen MR) is 121 cm³/mol. The molecule has 2 aliphatic carbocycles. The van der Waals surface area contributed by atoms with E-state index in [9.17, 15) is 14.4 Å². The third-order valence-corrected chi connectivity index (χ3v) is 6.72. The van der Waals surface area contributed by atoms with E-state index in [2.05, 4.69) is 34.9 Å². The second kappa shape index (κ2) is 9.62. The number of nitrogens with one attached hydrogen (secondary N) is 2. The normalized spacial score (nSPS) is 16.6. The molecule has 0 spiro atoms. The van der Waals surface area contributed by atoms with Crippen molar-refractivity contribution in [1.29, 1.82) is 0 Å². The minimum absolute atomic E-state index is 0.0296. The van der Waals surface area contributed by atoms with Crippen LogP contribution >= 0.6 is 0 Å². The molecule has 2 aromatic rings. The van der Waals surface area contributed by atoms with Gasteiger partial charge in [-0.05, 0) is 40.5 Å². The van der Waals surface area contributed by atoms with Crippen molar-refractivity contribution in [2.24, 2.45) is 5.41 Å². The number of carbonyl (C=O) groups is 3. The lowest BCUT2D eigenvalue weighted by Gasteiger charge is -2.41. The molecule has 0 bridgehead atoms. The van der Waals surface area contributed by atoms with Crippen LogP contribution in [0.3, 0.4) is 0 Å². The number of carboxylic acid groups (broad SMARTS) is 1. The van der Waals surface area contributed by atoms with Gasteiger partial charge in [0.2, 0.25) is 5.91 Å². The van der Waals surface area contributed by atoms with Gasteiger partial charge < -0.3 is 25.6 Å². The average molecular weight is 453 g/mol. The summed E-state index contributed by atoms with van der Waals surface area (Å²) in [6, 6.07) is 14.9. The molecule has 33 heavy (non-hydrogen) atoms. The lowest BCUT2D eigenvalue weighted by atomic mass is 9.66. The zero-order chi connectivity index (χ0) is 23.4. The smallest absolute Gasteiger partial charge is 0.407 e. The molecule has 0 saturated heterocycles. The number of hydrogen-bond donors (Lipinski definition) is 4. The number of fused-ring (bicyclic) bond motifs is 3. The van der Waals surface area contributed by atoms with Crippen LogP contribution in [0, 0.1) is 5.41 Å². The maximum absolute atomic E-state index is 12.5. The summed E-state index contributed by atoms with van der Waals surface area (Å²) in [5.41, 5.74) is 4.16. The van der Waals surface area contributed by atoms with Crippen LogP contribution in [-0.4, -0.2) is 54.0 Å². The molecule has 1 fully saturated rings. The summed E-state index contributed by atoms with van der Waals surface area (Å²) < 4.78 is 5.56. The first-order chi connectivity index (χ1) is 15.9. The minimum Gasteiger partial charge on any atom is -0.480 e. The van der Waals surface area contributed by atoms with Gasteiger partial charge in [-0.2, -0.15) is 0 Å². The number of rotatable bonds is 9. The van der Waals surface area contributed by atoms with Crippen molar-refractivity contribution in [1.82, 2.24) is 10.6 Å². The number of aliphatic hydroxyl groups excluding tert-OH is 1. The molecule has 2 aliphatic rings. The molecule has 1 atom stereocenters. The van der Waals surface area contributed by atoms with E-state index in [4.69, 9.17) is 14.9 Å². The molecule has 1 saturated carbocycles. The topological polar surface area (TPSA) is 125 Å². The van der Waals surface area contributed by atoms with Gasteiger partial charge >= 0.3 is 12.1 Å². The molecule has 0 unspecified atom stereocenters. The van der Waals surface area contributed by atoms with Gasteiger partial charge in [0.15, 0.2) is 0 Å². The Labute approximate surface area is 192 Å². The molecule has 8 heteroatoms. The predicted octanol–water partition coefficient (Wildman–Crippen LogP) is 2.65. The van der Waals surface area contributed by atoms with Crippen LogP contribution in [0.5, 0.6) is 0 Å². The standard InChI is InChI=1S/C25H28N2O6/c28-13-21(23(30)31)27-22(29)12-25(10-5-11-25)15-26-24(32)33-14-20-18-8-3-1-6-16(18)17-7-2-4-9-19(17)20/h1-4,6-9,20-21,28H,5,10-15H2,(H,26,32)(H,27,29)(H,30,31)/t21-/m1/s1. The lowest BCUT2D eigenvalue weighted by Crippen LogP contribution is -2.49. The van der Waals surface area contributed by atoms with Gasteiger partial charge in [0.1, 0.15) is 12.6 Å². The third kappa shape index (κ3) is 4.85. The van der Waals surface area contributed by atoms with Gasteiger partial charge in [-0.1, -0.05) is 55.0 Å². The maximum atomic E-state index is 12.5. The number of benzene rings is 2. The first kappa shape index (κ1) is 22.8. The molecule has 4 N–H and O–H groups in total. The van der Waals surface area contributed by atoms with E-state index in [1.165, 1.54) is 0 Å². The summed E-state index contributed by atoms with van der Waals surface area (Å²) >= 11 is 0. The summed E-state index contributed by atoms with van der Waals surface area (Å²) in [6.07, 6.45) is 1.98. The summed E-state index contributed by atoms with van der Waals surface area (Å²) in [5, 5.41) is 23.2. The fourth-order valence-corrected chi connectivity index (χ4v) is 4.77. The highest BCUT2D eigenvalue weighted by atomic mass is 16.5. The summed E-state index contributed by atoms with van der Waals surface area (Å²) in [5.74, 6) is -1.77. The number of alkyl carbamates (subject to hydrolysis) is 1. The molecule has 0 aliphatic heterocycles. The Balaban J connectivity index is 1.31. The average Bonchev–Trinajstić information content (AvgIpc) is 3.11. The van der Waals surface area contributed by atoms with Gasteiger partial charge in [-0.3, -0.25) is 4.79 Å². The summed E-state index contributed by atoms with van der Waals surface area (Å²) in [6.45, 7) is -0.190. The molecule has 2 amide bonds. The van der Waals surface area contributed by atoms with Crippen molar-refractivity contribution in [3.63, 3.8) is 0 Å². The SMILES string of the molecule is O=C(CC1(CNC(=O)OCC2c3ccccc3-c3ccccc32)CCC1)N[C@H](CO)C(=O)O. The minimum atomic E-state index is -1.33. The molecule has 0 aromatic heterocycles. The van der Waals surface area contributed by atoms with Crippen molar-refractivity contribution in [2.75, 3.05) is 19.8 Å². The summed E-state index contributed by atoms with van der Waals surface area (Å²) in [7, 11) is 0. The maximum Gasteiger partial charge on any atom is 0.407 e. The van der Waals surface area contributed by atoms with Crippen LogP contribution in [0.4, 0.5) is 4.79 Å². The van der Waals surface area contributed by atoms with E-state index in [0.717, 1.165) is 41.5 Å². The number of amides is 2. The van der Waals surface area contributed by atoms with E-state index in [1.807, 2.05) is 24.3 Å². The Morgan fingerprint density at radius 3 is 2.15 bits per heavy atom. The second-order valence-corrected chi connectivity index (χ2v) is 8.85. The molecule has 0 radical (unpaired) electrons.